The smallest absolute Gasteiger partial charge is 0.0805 e. The van der Waals surface area contributed by atoms with Crippen LogP contribution in [0.5, 0.6) is 0 Å². The molecule has 1 aliphatic rings. The van der Waals surface area contributed by atoms with E-state index in [2.05, 4.69) is 211 Å². The Bertz CT molecular complexity index is 3080. The Balaban J connectivity index is 1.06. The molecule has 0 bridgehead atoms. The molecular weight excluding hydrogens is 651 g/mol. The summed E-state index contributed by atoms with van der Waals surface area (Å²) in [6, 6.07) is 73.6. The van der Waals surface area contributed by atoms with Crippen LogP contribution in [0, 0.1) is 0 Å². The molecule has 0 aromatic heterocycles. The van der Waals surface area contributed by atoms with Crippen molar-refractivity contribution < 1.29 is 0 Å². The van der Waals surface area contributed by atoms with Gasteiger partial charge in [0.15, 0.2) is 0 Å². The van der Waals surface area contributed by atoms with Gasteiger partial charge in [-0.3, -0.25) is 0 Å². The van der Waals surface area contributed by atoms with Crippen LogP contribution in [0.15, 0.2) is 206 Å². The Kier molecular flexibility index (Phi) is 7.00. The molecule has 10 aromatic carbocycles. The second-order valence-corrected chi connectivity index (χ2v) is 14.4. The molecule has 1 nitrogen and oxygen atoms in total. The second kappa shape index (κ2) is 12.3. The summed E-state index contributed by atoms with van der Waals surface area (Å²) in [5.74, 6) is 0. The van der Waals surface area contributed by atoms with Gasteiger partial charge in [-0.05, 0) is 112 Å². The maximum absolute atomic E-state index is 2.53. The summed E-state index contributed by atoms with van der Waals surface area (Å²) < 4.78 is 0. The SMILES string of the molecule is C1=C(c2ccc(-c3c4ccccc4cc4c3ccc3ccccc34)cc2)N(c2ccc(-c3ccccc3)cc2)C1c1cccc2ccc3ccccc3c12. The van der Waals surface area contributed by atoms with Crippen molar-refractivity contribution in [1.29, 1.82) is 0 Å². The summed E-state index contributed by atoms with van der Waals surface area (Å²) in [5.41, 5.74) is 9.91. The van der Waals surface area contributed by atoms with E-state index in [1.807, 2.05) is 0 Å². The van der Waals surface area contributed by atoms with Gasteiger partial charge in [0.25, 0.3) is 0 Å². The van der Waals surface area contributed by atoms with Crippen LogP contribution < -0.4 is 4.90 Å². The van der Waals surface area contributed by atoms with E-state index in [1.54, 1.807) is 0 Å². The minimum absolute atomic E-state index is 0.0899. The molecule has 0 saturated heterocycles. The van der Waals surface area contributed by atoms with Crippen molar-refractivity contribution in [3.63, 3.8) is 0 Å². The summed E-state index contributed by atoms with van der Waals surface area (Å²) >= 11 is 0. The van der Waals surface area contributed by atoms with Crippen LogP contribution in [0.1, 0.15) is 17.2 Å². The average molecular weight is 686 g/mol. The molecule has 0 saturated carbocycles. The van der Waals surface area contributed by atoms with Crippen LogP contribution in [0.25, 0.3) is 81.8 Å². The van der Waals surface area contributed by atoms with Gasteiger partial charge in [0.05, 0.1) is 6.04 Å². The molecule has 0 radical (unpaired) electrons. The first kappa shape index (κ1) is 30.6. The summed E-state index contributed by atoms with van der Waals surface area (Å²) in [6.07, 6.45) is 2.45. The highest BCUT2D eigenvalue weighted by Gasteiger charge is 2.33. The van der Waals surface area contributed by atoms with Gasteiger partial charge in [-0.25, -0.2) is 0 Å². The molecule has 252 valence electrons. The van der Waals surface area contributed by atoms with Crippen molar-refractivity contribution in [2.24, 2.45) is 0 Å². The van der Waals surface area contributed by atoms with Crippen LogP contribution in [0.2, 0.25) is 0 Å². The summed E-state index contributed by atoms with van der Waals surface area (Å²) in [5, 5.41) is 12.8. The van der Waals surface area contributed by atoms with Crippen LogP contribution in [0.3, 0.4) is 0 Å². The third-order valence-electron chi connectivity index (χ3n) is 11.5. The summed E-state index contributed by atoms with van der Waals surface area (Å²) in [4.78, 5) is 2.53. The molecule has 1 atom stereocenters. The third kappa shape index (κ3) is 4.86. The van der Waals surface area contributed by atoms with Crippen molar-refractivity contribution in [1.82, 2.24) is 0 Å². The fourth-order valence-corrected chi connectivity index (χ4v) is 8.85. The first-order chi connectivity index (χ1) is 26.8. The molecule has 0 aliphatic carbocycles. The monoisotopic (exact) mass is 685 g/mol. The number of rotatable bonds is 5. The summed E-state index contributed by atoms with van der Waals surface area (Å²) in [7, 11) is 0. The van der Waals surface area contributed by atoms with E-state index >= 15 is 0 Å². The number of hydrogen-bond donors (Lipinski definition) is 0. The molecular formula is C53H35N. The van der Waals surface area contributed by atoms with E-state index in [9.17, 15) is 0 Å². The quantitative estimate of drug-likeness (QED) is 0.129. The van der Waals surface area contributed by atoms with Crippen LogP contribution >= 0.6 is 0 Å². The number of benzene rings is 10. The average Bonchev–Trinajstić information content (AvgIpc) is 3.23. The van der Waals surface area contributed by atoms with Gasteiger partial charge in [0, 0.05) is 11.4 Å². The Morgan fingerprint density at radius 2 is 0.907 bits per heavy atom. The van der Waals surface area contributed by atoms with Gasteiger partial charge in [-0.1, -0.05) is 182 Å². The van der Waals surface area contributed by atoms with Gasteiger partial charge in [-0.15, -0.1) is 0 Å². The molecule has 54 heavy (non-hydrogen) atoms. The van der Waals surface area contributed by atoms with Gasteiger partial charge in [-0.2, -0.15) is 0 Å². The van der Waals surface area contributed by atoms with Crippen LogP contribution in [-0.2, 0) is 0 Å². The van der Waals surface area contributed by atoms with Gasteiger partial charge in [0.1, 0.15) is 0 Å². The lowest BCUT2D eigenvalue weighted by Crippen LogP contribution is -2.34. The lowest BCUT2D eigenvalue weighted by Gasteiger charge is -2.43. The zero-order chi connectivity index (χ0) is 35.6. The molecule has 0 spiro atoms. The molecule has 1 heteroatoms. The van der Waals surface area contributed by atoms with Crippen molar-refractivity contribution >= 4 is 65.2 Å². The van der Waals surface area contributed by atoms with Gasteiger partial charge < -0.3 is 4.90 Å². The second-order valence-electron chi connectivity index (χ2n) is 14.4. The fraction of sp³-hybridized carbons (Fsp3) is 0.0189. The Morgan fingerprint density at radius 3 is 1.70 bits per heavy atom. The molecule has 1 aliphatic heterocycles. The predicted molar refractivity (Wildman–Crippen MR) is 231 cm³/mol. The zero-order valence-electron chi connectivity index (χ0n) is 29.7. The van der Waals surface area contributed by atoms with Gasteiger partial charge >= 0.3 is 0 Å². The van der Waals surface area contributed by atoms with E-state index in [1.165, 1.54) is 98.6 Å². The standard InChI is InChI=1S/C53H35N/c1-2-11-35(12-3-1)36-27-30-43(31-28-36)54-50(34-51(54)48-20-10-16-40-24-21-38-14-5-8-18-45(38)53(40)48)39-22-25-41(26-23-39)52-46-19-9-6-15-42(46)33-49-44-17-7-4-13-37(44)29-32-47(49)52/h1-34,51H. The summed E-state index contributed by atoms with van der Waals surface area (Å²) in [6.45, 7) is 0. The van der Waals surface area contributed by atoms with E-state index in [0.29, 0.717) is 0 Å². The first-order valence-corrected chi connectivity index (χ1v) is 18.8. The Labute approximate surface area is 314 Å². The van der Waals surface area contributed by atoms with Crippen LogP contribution in [0.4, 0.5) is 5.69 Å². The molecule has 1 unspecified atom stereocenters. The van der Waals surface area contributed by atoms with E-state index < -0.39 is 0 Å². The Morgan fingerprint density at radius 1 is 0.333 bits per heavy atom. The van der Waals surface area contributed by atoms with Crippen molar-refractivity contribution in [2.75, 3.05) is 4.90 Å². The minimum atomic E-state index is 0.0899. The maximum Gasteiger partial charge on any atom is 0.0805 e. The molecule has 0 N–H and O–H groups in total. The molecule has 1 heterocycles. The highest BCUT2D eigenvalue weighted by Crippen LogP contribution is 2.48. The van der Waals surface area contributed by atoms with Crippen molar-refractivity contribution in [3.8, 4) is 22.3 Å². The normalized spacial score (nSPS) is 14.2. The minimum Gasteiger partial charge on any atom is -0.330 e. The van der Waals surface area contributed by atoms with E-state index in [0.717, 1.165) is 0 Å². The van der Waals surface area contributed by atoms with E-state index in [-0.39, 0.29) is 6.04 Å². The highest BCUT2D eigenvalue weighted by molar-refractivity contribution is 6.20. The topological polar surface area (TPSA) is 3.24 Å². The molecule has 0 fully saturated rings. The predicted octanol–water partition coefficient (Wildman–Crippen LogP) is 14.4. The third-order valence-corrected chi connectivity index (χ3v) is 11.5. The zero-order valence-corrected chi connectivity index (χ0v) is 29.7. The number of anilines is 1. The first-order valence-electron chi connectivity index (χ1n) is 18.8. The van der Waals surface area contributed by atoms with Gasteiger partial charge in [0.2, 0.25) is 0 Å². The molecule has 0 amide bonds. The van der Waals surface area contributed by atoms with Crippen molar-refractivity contribution in [2.45, 2.75) is 6.04 Å². The number of hydrogen-bond acceptors (Lipinski definition) is 1. The largest absolute Gasteiger partial charge is 0.330 e. The fourth-order valence-electron chi connectivity index (χ4n) is 8.85. The highest BCUT2D eigenvalue weighted by atomic mass is 15.2. The van der Waals surface area contributed by atoms with E-state index in [4.69, 9.17) is 0 Å². The van der Waals surface area contributed by atoms with Crippen molar-refractivity contribution in [3.05, 3.63) is 217 Å². The van der Waals surface area contributed by atoms with Crippen LogP contribution in [-0.4, -0.2) is 0 Å². The molecule has 11 rings (SSSR count). The molecule has 10 aromatic rings. The number of nitrogens with zero attached hydrogens (tertiary/aromatic N) is 1. The lowest BCUT2D eigenvalue weighted by molar-refractivity contribution is 0.806. The Hall–Kier alpha value is -6.96. The maximum atomic E-state index is 2.53. The lowest BCUT2D eigenvalue weighted by atomic mass is 9.86. The number of fused-ring (bicyclic) bond motifs is 7.